The zero-order valence-corrected chi connectivity index (χ0v) is 10.5. The molecule has 92 valence electrons. The van der Waals surface area contributed by atoms with Crippen molar-refractivity contribution >= 4 is 28.5 Å². The van der Waals surface area contributed by atoms with E-state index in [1.54, 1.807) is 0 Å². The number of ether oxygens (including phenoxy) is 1. The Kier molecular flexibility index (Phi) is 3.28. The Morgan fingerprint density at radius 3 is 2.88 bits per heavy atom. The van der Waals surface area contributed by atoms with Crippen LogP contribution in [0, 0.1) is 13.8 Å². The van der Waals surface area contributed by atoms with Gasteiger partial charge in [0.2, 0.25) is 5.91 Å². The average Bonchev–Trinajstić information content (AvgIpc) is 2.76. The molecule has 1 aliphatic rings. The maximum absolute atomic E-state index is 11.6. The van der Waals surface area contributed by atoms with Gasteiger partial charge in [0.15, 0.2) is 5.13 Å². The van der Waals surface area contributed by atoms with Gasteiger partial charge in [-0.25, -0.2) is 9.78 Å². The third-order valence-electron chi connectivity index (χ3n) is 2.45. The van der Waals surface area contributed by atoms with Crippen LogP contribution in [0.2, 0.25) is 0 Å². The second kappa shape index (κ2) is 4.70. The van der Waals surface area contributed by atoms with Crippen LogP contribution in [-0.2, 0) is 9.53 Å². The maximum atomic E-state index is 11.6. The lowest BCUT2D eigenvalue weighted by Gasteiger charge is -2.10. The number of rotatable bonds is 3. The Balaban J connectivity index is 1.91. The Morgan fingerprint density at radius 1 is 1.59 bits per heavy atom. The van der Waals surface area contributed by atoms with Crippen molar-refractivity contribution in [2.75, 3.05) is 25.0 Å². The van der Waals surface area contributed by atoms with Crippen LogP contribution in [0.4, 0.5) is 9.93 Å². The highest BCUT2D eigenvalue weighted by Crippen LogP contribution is 2.20. The van der Waals surface area contributed by atoms with E-state index in [4.69, 9.17) is 4.74 Å². The molecule has 1 N–H and O–H groups in total. The summed E-state index contributed by atoms with van der Waals surface area (Å²) in [5.74, 6) is -0.252. The zero-order chi connectivity index (χ0) is 12.4. The second-order valence-corrected chi connectivity index (χ2v) is 4.95. The highest BCUT2D eigenvalue weighted by molar-refractivity contribution is 7.15. The van der Waals surface area contributed by atoms with Gasteiger partial charge in [0.05, 0.1) is 12.2 Å². The van der Waals surface area contributed by atoms with Gasteiger partial charge < -0.3 is 10.1 Å². The van der Waals surface area contributed by atoms with Crippen LogP contribution in [0.25, 0.3) is 0 Å². The number of carbonyl (C=O) groups excluding carboxylic acids is 2. The van der Waals surface area contributed by atoms with E-state index in [0.29, 0.717) is 18.3 Å². The van der Waals surface area contributed by atoms with Crippen molar-refractivity contribution in [2.45, 2.75) is 13.8 Å². The molecular weight excluding hydrogens is 242 g/mol. The Bertz CT molecular complexity index is 438. The van der Waals surface area contributed by atoms with Crippen LogP contribution in [0.1, 0.15) is 10.6 Å². The van der Waals surface area contributed by atoms with Crippen LogP contribution in [-0.4, -0.2) is 41.6 Å². The normalized spacial score (nSPS) is 14.9. The largest absolute Gasteiger partial charge is 0.448 e. The number of cyclic esters (lactones) is 1. The molecule has 17 heavy (non-hydrogen) atoms. The third-order valence-corrected chi connectivity index (χ3v) is 3.44. The molecule has 1 aliphatic heterocycles. The molecule has 2 heterocycles. The smallest absolute Gasteiger partial charge is 0.410 e. The third kappa shape index (κ3) is 2.73. The summed E-state index contributed by atoms with van der Waals surface area (Å²) in [4.78, 5) is 29.4. The first-order valence-corrected chi connectivity index (χ1v) is 6.03. The van der Waals surface area contributed by atoms with Crippen LogP contribution in [0.15, 0.2) is 0 Å². The van der Waals surface area contributed by atoms with Crippen molar-refractivity contribution in [3.8, 4) is 0 Å². The minimum absolute atomic E-state index is 0.0104. The summed E-state index contributed by atoms with van der Waals surface area (Å²) in [5.41, 5.74) is 0.908. The maximum Gasteiger partial charge on any atom is 0.410 e. The number of aromatic nitrogens is 1. The number of hydrogen-bond donors (Lipinski definition) is 1. The molecule has 0 aromatic carbocycles. The first-order chi connectivity index (χ1) is 8.06. The van der Waals surface area contributed by atoms with Crippen molar-refractivity contribution in [1.29, 1.82) is 0 Å². The van der Waals surface area contributed by atoms with Crippen molar-refractivity contribution in [1.82, 2.24) is 9.88 Å². The monoisotopic (exact) mass is 255 g/mol. The molecule has 1 fully saturated rings. The summed E-state index contributed by atoms with van der Waals surface area (Å²) in [6.45, 7) is 4.65. The van der Waals surface area contributed by atoms with E-state index in [0.717, 1.165) is 10.6 Å². The minimum atomic E-state index is -0.438. The lowest BCUT2D eigenvalue weighted by molar-refractivity contribution is -0.116. The summed E-state index contributed by atoms with van der Waals surface area (Å²) in [6, 6.07) is 0. The Hall–Kier alpha value is -1.63. The molecule has 0 saturated carbocycles. The number of aryl methyl sites for hydroxylation is 2. The Morgan fingerprint density at radius 2 is 2.35 bits per heavy atom. The summed E-state index contributed by atoms with van der Waals surface area (Å²) in [7, 11) is 0. The fourth-order valence-electron chi connectivity index (χ4n) is 1.43. The van der Waals surface area contributed by atoms with Gasteiger partial charge in [-0.3, -0.25) is 9.69 Å². The number of nitrogens with zero attached hydrogens (tertiary/aromatic N) is 2. The average molecular weight is 255 g/mol. The van der Waals surface area contributed by atoms with Gasteiger partial charge in [-0.1, -0.05) is 0 Å². The van der Waals surface area contributed by atoms with Crippen LogP contribution in [0.5, 0.6) is 0 Å². The summed E-state index contributed by atoms with van der Waals surface area (Å²) in [5, 5.41) is 3.24. The molecule has 0 aliphatic carbocycles. The first-order valence-electron chi connectivity index (χ1n) is 5.22. The minimum Gasteiger partial charge on any atom is -0.448 e. The number of carbonyl (C=O) groups is 2. The first kappa shape index (κ1) is 11.8. The van der Waals surface area contributed by atoms with E-state index in [-0.39, 0.29) is 12.5 Å². The van der Waals surface area contributed by atoms with E-state index in [1.165, 1.54) is 16.2 Å². The topological polar surface area (TPSA) is 71.5 Å². The van der Waals surface area contributed by atoms with E-state index in [1.807, 2.05) is 13.8 Å². The second-order valence-electron chi connectivity index (χ2n) is 3.74. The summed E-state index contributed by atoms with van der Waals surface area (Å²) in [6.07, 6.45) is -0.438. The van der Waals surface area contributed by atoms with Crippen LogP contribution >= 0.6 is 11.3 Å². The van der Waals surface area contributed by atoms with Gasteiger partial charge in [-0.2, -0.15) is 0 Å². The number of thiazole rings is 1. The summed E-state index contributed by atoms with van der Waals surface area (Å²) < 4.78 is 4.73. The standard InChI is InChI=1S/C10H13N3O3S/c1-6-7(2)17-9(11-6)12-8(14)5-13-3-4-16-10(13)15/h3-5H2,1-2H3,(H,11,12,14). The quantitative estimate of drug-likeness (QED) is 0.879. The molecular formula is C10H13N3O3S. The fourth-order valence-corrected chi connectivity index (χ4v) is 2.26. The molecule has 0 atom stereocenters. The number of nitrogens with one attached hydrogen (secondary N) is 1. The fraction of sp³-hybridized carbons (Fsp3) is 0.500. The SMILES string of the molecule is Cc1nc(NC(=O)CN2CCOC2=O)sc1C. The molecule has 0 spiro atoms. The molecule has 2 amide bonds. The molecule has 7 heteroatoms. The van der Waals surface area contributed by atoms with Crippen molar-refractivity contribution in [3.63, 3.8) is 0 Å². The molecule has 1 aromatic rings. The van der Waals surface area contributed by atoms with E-state index in [2.05, 4.69) is 10.3 Å². The highest BCUT2D eigenvalue weighted by Gasteiger charge is 2.24. The lowest BCUT2D eigenvalue weighted by Crippen LogP contribution is -2.33. The summed E-state index contributed by atoms with van der Waals surface area (Å²) >= 11 is 1.42. The highest BCUT2D eigenvalue weighted by atomic mass is 32.1. The zero-order valence-electron chi connectivity index (χ0n) is 9.65. The molecule has 2 rings (SSSR count). The van der Waals surface area contributed by atoms with E-state index in [9.17, 15) is 9.59 Å². The van der Waals surface area contributed by atoms with Gasteiger partial charge >= 0.3 is 6.09 Å². The molecule has 6 nitrogen and oxygen atoms in total. The number of hydrogen-bond acceptors (Lipinski definition) is 5. The van der Waals surface area contributed by atoms with E-state index >= 15 is 0 Å². The number of amides is 2. The van der Waals surface area contributed by atoms with Gasteiger partial charge in [0.25, 0.3) is 0 Å². The van der Waals surface area contributed by atoms with Crippen molar-refractivity contribution < 1.29 is 14.3 Å². The number of anilines is 1. The molecule has 1 aromatic heterocycles. The lowest BCUT2D eigenvalue weighted by atomic mass is 10.4. The van der Waals surface area contributed by atoms with Gasteiger partial charge in [0, 0.05) is 4.88 Å². The van der Waals surface area contributed by atoms with Gasteiger partial charge in [-0.15, -0.1) is 11.3 Å². The van der Waals surface area contributed by atoms with Crippen LogP contribution < -0.4 is 5.32 Å². The van der Waals surface area contributed by atoms with Crippen molar-refractivity contribution in [2.24, 2.45) is 0 Å². The van der Waals surface area contributed by atoms with Crippen molar-refractivity contribution in [3.05, 3.63) is 10.6 Å². The molecule has 0 radical (unpaired) electrons. The molecule has 1 saturated heterocycles. The predicted octanol–water partition coefficient (Wildman–Crippen LogP) is 1.15. The van der Waals surface area contributed by atoms with Crippen LogP contribution in [0.3, 0.4) is 0 Å². The van der Waals surface area contributed by atoms with Gasteiger partial charge in [0.1, 0.15) is 13.2 Å². The predicted molar refractivity (Wildman–Crippen MR) is 63.1 cm³/mol. The molecule has 0 bridgehead atoms. The Labute approximate surface area is 103 Å². The van der Waals surface area contributed by atoms with E-state index < -0.39 is 6.09 Å². The molecule has 0 unspecified atom stereocenters. The van der Waals surface area contributed by atoms with Gasteiger partial charge in [-0.05, 0) is 13.8 Å².